The summed E-state index contributed by atoms with van der Waals surface area (Å²) in [7, 11) is 0. The van der Waals surface area contributed by atoms with Gasteiger partial charge in [0, 0.05) is 37.4 Å². The second-order valence-electron chi connectivity index (χ2n) is 9.41. The van der Waals surface area contributed by atoms with Gasteiger partial charge in [-0.05, 0) is 58.0 Å². The molecule has 6 rings (SSSR count). The number of rotatable bonds is 3. The fourth-order valence-electron chi connectivity index (χ4n) is 5.33. The van der Waals surface area contributed by atoms with Crippen molar-refractivity contribution in [1.29, 1.82) is 0 Å². The minimum atomic E-state index is -0.272. The molecule has 0 spiro atoms. The van der Waals surface area contributed by atoms with Crippen LogP contribution in [0.2, 0.25) is 0 Å². The van der Waals surface area contributed by atoms with E-state index in [0.29, 0.717) is 22.5 Å². The van der Waals surface area contributed by atoms with Crippen molar-refractivity contribution in [3.05, 3.63) is 108 Å². The van der Waals surface area contributed by atoms with Crippen molar-refractivity contribution >= 4 is 22.7 Å². The number of aromatic hydroxyl groups is 2. The minimum absolute atomic E-state index is 0. The monoisotopic (exact) mass is 651 g/mol. The molecule has 0 atom stereocenters. The zero-order valence-electron chi connectivity index (χ0n) is 19.8. The Kier molecular flexibility index (Phi) is 6.02. The Morgan fingerprint density at radius 2 is 1.50 bits per heavy atom. The first-order valence-electron chi connectivity index (χ1n) is 11.6. The van der Waals surface area contributed by atoms with Gasteiger partial charge in [0.25, 0.3) is 0 Å². The summed E-state index contributed by atoms with van der Waals surface area (Å²) < 4.78 is 0. The van der Waals surface area contributed by atoms with Gasteiger partial charge in [0.1, 0.15) is 11.5 Å². The Bertz CT molecular complexity index is 1650. The van der Waals surface area contributed by atoms with E-state index in [1.807, 2.05) is 54.6 Å². The molecular weight excluding hydrogens is 627 g/mol. The summed E-state index contributed by atoms with van der Waals surface area (Å²) in [5, 5.41) is 23.0. The quantitative estimate of drug-likeness (QED) is 0.200. The predicted octanol–water partition coefficient (Wildman–Crippen LogP) is 7.37. The minimum Gasteiger partial charge on any atom is -0.507 e. The number of hydrogen-bond donors (Lipinski definition) is 2. The Morgan fingerprint density at radius 1 is 0.750 bits per heavy atom. The number of phenolic OH excluding ortho intramolecular Hbond substituents is 2. The zero-order valence-corrected chi connectivity index (χ0v) is 22.1. The van der Waals surface area contributed by atoms with Gasteiger partial charge in [-0.25, -0.2) is 4.98 Å². The van der Waals surface area contributed by atoms with E-state index in [9.17, 15) is 10.2 Å². The van der Waals surface area contributed by atoms with Crippen LogP contribution in [0.4, 0.5) is 5.69 Å². The predicted molar refractivity (Wildman–Crippen MR) is 142 cm³/mol. The first kappa shape index (κ1) is 24.0. The fourth-order valence-corrected chi connectivity index (χ4v) is 5.33. The molecule has 0 bridgehead atoms. The molecule has 5 heteroatoms. The first-order chi connectivity index (χ1) is 16.9. The SMILES string of the molecule is CC1(C)c2ccccc2-c2ccc(O)c(-c3cccc(C=Nc4cccc5cccc(O)c45)n3)c21.[Pt]. The van der Waals surface area contributed by atoms with Gasteiger partial charge in [0.2, 0.25) is 0 Å². The van der Waals surface area contributed by atoms with Gasteiger partial charge >= 0.3 is 0 Å². The summed E-state index contributed by atoms with van der Waals surface area (Å²) in [5.41, 5.74) is 7.17. The maximum absolute atomic E-state index is 11.0. The molecule has 0 amide bonds. The van der Waals surface area contributed by atoms with Crippen LogP contribution in [0.25, 0.3) is 33.2 Å². The molecule has 1 aromatic heterocycles. The van der Waals surface area contributed by atoms with Gasteiger partial charge in [0.15, 0.2) is 0 Å². The van der Waals surface area contributed by atoms with E-state index < -0.39 is 0 Å². The number of aromatic nitrogens is 1. The van der Waals surface area contributed by atoms with Crippen molar-refractivity contribution in [3.63, 3.8) is 0 Å². The zero-order chi connectivity index (χ0) is 24.2. The first-order valence-corrected chi connectivity index (χ1v) is 11.6. The van der Waals surface area contributed by atoms with Gasteiger partial charge in [-0.15, -0.1) is 0 Å². The topological polar surface area (TPSA) is 65.7 Å². The van der Waals surface area contributed by atoms with E-state index in [1.165, 1.54) is 11.1 Å². The summed E-state index contributed by atoms with van der Waals surface area (Å²) in [6, 6.07) is 29.1. The average Bonchev–Trinajstić information content (AvgIpc) is 3.10. The van der Waals surface area contributed by atoms with E-state index in [-0.39, 0.29) is 38.0 Å². The van der Waals surface area contributed by atoms with E-state index in [4.69, 9.17) is 4.98 Å². The molecule has 4 aromatic carbocycles. The molecular formula is C31H24N2O2Pt. The third kappa shape index (κ3) is 3.73. The van der Waals surface area contributed by atoms with Crippen LogP contribution < -0.4 is 0 Å². The van der Waals surface area contributed by atoms with Gasteiger partial charge in [-0.3, -0.25) is 4.99 Å². The van der Waals surface area contributed by atoms with Crippen LogP contribution in [-0.2, 0) is 26.5 Å². The number of hydrogen-bond acceptors (Lipinski definition) is 4. The van der Waals surface area contributed by atoms with Crippen molar-refractivity contribution < 1.29 is 31.3 Å². The molecule has 1 aliphatic carbocycles. The van der Waals surface area contributed by atoms with E-state index in [0.717, 1.165) is 22.1 Å². The van der Waals surface area contributed by atoms with Crippen molar-refractivity contribution in [2.24, 2.45) is 4.99 Å². The summed E-state index contributed by atoms with van der Waals surface area (Å²) in [6.45, 7) is 4.39. The largest absolute Gasteiger partial charge is 0.507 e. The molecule has 1 aliphatic rings. The number of benzene rings is 4. The van der Waals surface area contributed by atoms with Crippen molar-refractivity contribution in [2.45, 2.75) is 19.3 Å². The van der Waals surface area contributed by atoms with Crippen molar-refractivity contribution in [1.82, 2.24) is 4.98 Å². The number of pyridine rings is 1. The molecule has 0 saturated heterocycles. The van der Waals surface area contributed by atoms with Crippen LogP contribution in [0, 0.1) is 0 Å². The molecule has 2 N–H and O–H groups in total. The molecule has 0 unspecified atom stereocenters. The molecule has 0 fully saturated rings. The Labute approximate surface area is 224 Å². The van der Waals surface area contributed by atoms with Crippen molar-refractivity contribution in [2.75, 3.05) is 0 Å². The smallest absolute Gasteiger partial charge is 0.125 e. The maximum atomic E-state index is 11.0. The Morgan fingerprint density at radius 3 is 2.33 bits per heavy atom. The van der Waals surface area contributed by atoms with Gasteiger partial charge in [-0.1, -0.05) is 74.5 Å². The molecule has 180 valence electrons. The standard InChI is InChI=1S/C31H24N2O2.Pt/c1-31(2)23-12-4-3-11-21(23)22-16-17-27(35)29(30(22)31)25-14-7-10-20(33-25)18-32-24-13-5-8-19-9-6-15-26(34)28(19)24;/h3-18,34-35H,1-2H3;. The third-order valence-electron chi connectivity index (χ3n) is 6.92. The number of nitrogens with zero attached hydrogens (tertiary/aromatic N) is 2. The average molecular weight is 652 g/mol. The second kappa shape index (κ2) is 9.04. The van der Waals surface area contributed by atoms with Crippen molar-refractivity contribution in [3.8, 4) is 33.9 Å². The second-order valence-corrected chi connectivity index (χ2v) is 9.41. The molecule has 0 saturated carbocycles. The third-order valence-corrected chi connectivity index (χ3v) is 6.92. The molecule has 0 radical (unpaired) electrons. The summed E-state index contributed by atoms with van der Waals surface area (Å²) in [5.74, 6) is 0.411. The van der Waals surface area contributed by atoms with Gasteiger partial charge in [-0.2, -0.15) is 0 Å². The number of aliphatic imine (C=N–C) groups is 1. The molecule has 5 aromatic rings. The van der Waals surface area contributed by atoms with Crippen LogP contribution in [0.15, 0.2) is 96.0 Å². The Hall–Kier alpha value is -3.75. The van der Waals surface area contributed by atoms with E-state index in [2.05, 4.69) is 43.1 Å². The van der Waals surface area contributed by atoms with Crippen LogP contribution in [0.5, 0.6) is 11.5 Å². The van der Waals surface area contributed by atoms with Crippen LogP contribution in [0.1, 0.15) is 30.7 Å². The van der Waals surface area contributed by atoms with E-state index in [1.54, 1.807) is 18.3 Å². The number of fused-ring (bicyclic) bond motifs is 4. The van der Waals surface area contributed by atoms with E-state index >= 15 is 0 Å². The molecule has 4 nitrogen and oxygen atoms in total. The van der Waals surface area contributed by atoms with Crippen LogP contribution in [0.3, 0.4) is 0 Å². The fraction of sp³-hybridized carbons (Fsp3) is 0.0968. The maximum Gasteiger partial charge on any atom is 0.125 e. The van der Waals surface area contributed by atoms with Crippen LogP contribution in [-0.4, -0.2) is 21.4 Å². The molecule has 36 heavy (non-hydrogen) atoms. The van der Waals surface area contributed by atoms with Crippen LogP contribution >= 0.6 is 0 Å². The summed E-state index contributed by atoms with van der Waals surface area (Å²) in [4.78, 5) is 9.50. The Balaban J connectivity index is 0.00000267. The summed E-state index contributed by atoms with van der Waals surface area (Å²) >= 11 is 0. The molecule has 1 heterocycles. The summed E-state index contributed by atoms with van der Waals surface area (Å²) in [6.07, 6.45) is 1.70. The normalized spacial score (nSPS) is 13.4. The van der Waals surface area contributed by atoms with Gasteiger partial charge < -0.3 is 10.2 Å². The number of phenols is 2. The van der Waals surface area contributed by atoms with Gasteiger partial charge in [0.05, 0.1) is 23.3 Å². The molecule has 0 aliphatic heterocycles.